The number of benzene rings is 2. The summed E-state index contributed by atoms with van der Waals surface area (Å²) < 4.78 is 10.8. The lowest BCUT2D eigenvalue weighted by atomic mass is 10.1. The molecule has 2 heterocycles. The molecule has 4 rings (SSSR count). The van der Waals surface area contributed by atoms with Gasteiger partial charge in [-0.05, 0) is 67.4 Å². The van der Waals surface area contributed by atoms with E-state index in [0.717, 1.165) is 5.56 Å². The molecule has 1 saturated heterocycles. The largest absolute Gasteiger partial charge is 0.494 e. The molecule has 7 nitrogen and oxygen atoms in total. The van der Waals surface area contributed by atoms with Crippen LogP contribution in [0.1, 0.15) is 18.2 Å². The highest BCUT2D eigenvalue weighted by atomic mass is 35.5. The Morgan fingerprint density at radius 1 is 1.23 bits per heavy atom. The second-order valence-corrected chi connectivity index (χ2v) is 9.22. The molecule has 1 atom stereocenters. The summed E-state index contributed by atoms with van der Waals surface area (Å²) >= 11 is 7.32. The van der Waals surface area contributed by atoms with Crippen LogP contribution in [0.5, 0.6) is 5.75 Å². The molecule has 2 amide bonds. The summed E-state index contributed by atoms with van der Waals surface area (Å²) in [5.41, 5.74) is 1.29. The summed E-state index contributed by atoms with van der Waals surface area (Å²) in [5.74, 6) is 0.408. The number of halogens is 1. The number of amides is 2. The van der Waals surface area contributed by atoms with E-state index >= 15 is 0 Å². The Morgan fingerprint density at radius 3 is 2.69 bits per heavy atom. The summed E-state index contributed by atoms with van der Waals surface area (Å²) in [6, 6.07) is 19.7. The number of hydrogen-bond acceptors (Lipinski definition) is 6. The summed E-state index contributed by atoms with van der Waals surface area (Å²) in [5, 5.41) is 12.9. The van der Waals surface area contributed by atoms with E-state index in [0.29, 0.717) is 35.2 Å². The predicted octanol–water partition coefficient (Wildman–Crippen LogP) is 5.07. The second-order valence-electron chi connectivity index (χ2n) is 7.60. The monoisotopic (exact) mass is 507 g/mol. The van der Waals surface area contributed by atoms with Crippen LogP contribution in [0, 0.1) is 11.3 Å². The molecule has 0 spiro atoms. The molecule has 0 aliphatic carbocycles. The fraction of sp³-hybridized carbons (Fsp3) is 0.192. The van der Waals surface area contributed by atoms with E-state index in [9.17, 15) is 14.9 Å². The predicted molar refractivity (Wildman–Crippen MR) is 135 cm³/mol. The molecule has 2 aromatic carbocycles. The molecule has 1 fully saturated rings. The van der Waals surface area contributed by atoms with Crippen LogP contribution >= 0.6 is 23.4 Å². The van der Waals surface area contributed by atoms with Crippen LogP contribution in [0.15, 0.2) is 81.9 Å². The van der Waals surface area contributed by atoms with Crippen LogP contribution in [-0.4, -0.2) is 23.7 Å². The van der Waals surface area contributed by atoms with Gasteiger partial charge < -0.3 is 14.5 Å². The Hall–Kier alpha value is -3.67. The molecular formula is C26H22ClN3O4S. The van der Waals surface area contributed by atoms with Gasteiger partial charge in [-0.2, -0.15) is 5.26 Å². The van der Waals surface area contributed by atoms with Crippen molar-refractivity contribution >= 4 is 40.9 Å². The van der Waals surface area contributed by atoms with Gasteiger partial charge in [0.05, 0.1) is 24.7 Å². The smallest absolute Gasteiger partial charge is 0.265 e. The number of nitriles is 1. The quantitative estimate of drug-likeness (QED) is 0.337. The first-order valence-electron chi connectivity index (χ1n) is 10.9. The molecule has 35 heavy (non-hydrogen) atoms. The third-order valence-electron chi connectivity index (χ3n) is 5.22. The lowest BCUT2D eigenvalue weighted by Crippen LogP contribution is -2.32. The minimum atomic E-state index is -0.585. The van der Waals surface area contributed by atoms with E-state index in [2.05, 4.69) is 5.32 Å². The Labute approximate surface area is 212 Å². The van der Waals surface area contributed by atoms with E-state index in [1.807, 2.05) is 25.1 Å². The first-order chi connectivity index (χ1) is 17.0. The van der Waals surface area contributed by atoms with Gasteiger partial charge >= 0.3 is 0 Å². The van der Waals surface area contributed by atoms with Gasteiger partial charge in [0, 0.05) is 10.7 Å². The number of anilines is 1. The molecule has 0 radical (unpaired) electrons. The van der Waals surface area contributed by atoms with Crippen molar-refractivity contribution in [3.8, 4) is 11.8 Å². The molecule has 1 aliphatic rings. The van der Waals surface area contributed by atoms with Crippen molar-refractivity contribution in [3.05, 3.63) is 93.9 Å². The summed E-state index contributed by atoms with van der Waals surface area (Å²) in [6.07, 6.45) is 1.90. The van der Waals surface area contributed by atoms with Gasteiger partial charge in [-0.3, -0.25) is 14.5 Å². The molecule has 178 valence electrons. The van der Waals surface area contributed by atoms with Gasteiger partial charge in [0.2, 0.25) is 5.91 Å². The van der Waals surface area contributed by atoms with Gasteiger partial charge in [-0.15, -0.1) is 0 Å². The Morgan fingerprint density at radius 2 is 2.03 bits per heavy atom. The number of hydrogen-bond donors (Lipinski definition) is 1. The van der Waals surface area contributed by atoms with Crippen LogP contribution < -0.4 is 15.0 Å². The van der Waals surface area contributed by atoms with Crippen molar-refractivity contribution in [1.82, 2.24) is 5.32 Å². The number of rotatable bonds is 8. The van der Waals surface area contributed by atoms with Gasteiger partial charge in [-0.1, -0.05) is 35.5 Å². The number of thioether (sulfide) groups is 1. The van der Waals surface area contributed by atoms with E-state index in [4.69, 9.17) is 20.8 Å². The standard InChI is InChI=1S/C26H22ClN3O4S/c1-2-33-20-10-8-19(9-11-20)30-25(32)23(14-17-5-3-6-18(27)13-17)35-26(30)22(15-28)24(31)29-16-21-7-4-12-34-21/h3-13,23H,2,14,16H2,1H3,(H,29,31)/b26-22-. The van der Waals surface area contributed by atoms with Gasteiger partial charge in [0.1, 0.15) is 28.2 Å². The highest BCUT2D eigenvalue weighted by Gasteiger charge is 2.40. The third kappa shape index (κ3) is 5.70. The number of nitrogens with zero attached hydrogens (tertiary/aromatic N) is 2. The van der Waals surface area contributed by atoms with Crippen molar-refractivity contribution in [2.75, 3.05) is 11.5 Å². The molecule has 0 saturated carbocycles. The maximum atomic E-state index is 13.6. The number of carbonyl (C=O) groups is 2. The topological polar surface area (TPSA) is 95.6 Å². The van der Waals surface area contributed by atoms with Crippen molar-refractivity contribution in [2.24, 2.45) is 0 Å². The number of ether oxygens (including phenoxy) is 1. The first-order valence-corrected chi connectivity index (χ1v) is 12.2. The molecule has 1 aliphatic heterocycles. The average molecular weight is 508 g/mol. The molecular weight excluding hydrogens is 486 g/mol. The Kier molecular flexibility index (Phi) is 7.80. The molecule has 1 N–H and O–H groups in total. The normalized spacial score (nSPS) is 16.7. The number of nitrogens with one attached hydrogen (secondary N) is 1. The molecule has 3 aromatic rings. The van der Waals surface area contributed by atoms with Gasteiger partial charge in [0.25, 0.3) is 5.91 Å². The highest BCUT2D eigenvalue weighted by molar-refractivity contribution is 8.05. The second kappa shape index (κ2) is 11.2. The fourth-order valence-corrected chi connectivity index (χ4v) is 5.15. The third-order valence-corrected chi connectivity index (χ3v) is 6.72. The maximum absolute atomic E-state index is 13.6. The van der Waals surface area contributed by atoms with Crippen molar-refractivity contribution in [1.29, 1.82) is 5.26 Å². The lowest BCUT2D eigenvalue weighted by molar-refractivity contribution is -0.117. The highest BCUT2D eigenvalue weighted by Crippen LogP contribution is 2.42. The SMILES string of the molecule is CCOc1ccc(N2C(=O)C(Cc3cccc(Cl)c3)S/C2=C(/C#N)C(=O)NCc2ccco2)cc1. The minimum Gasteiger partial charge on any atom is -0.494 e. The summed E-state index contributed by atoms with van der Waals surface area (Å²) in [7, 11) is 0. The van der Waals surface area contributed by atoms with Crippen molar-refractivity contribution in [3.63, 3.8) is 0 Å². The number of furan rings is 1. The average Bonchev–Trinajstić information content (AvgIpc) is 3.48. The van der Waals surface area contributed by atoms with Crippen LogP contribution in [0.25, 0.3) is 0 Å². The van der Waals surface area contributed by atoms with Crippen LogP contribution in [-0.2, 0) is 22.6 Å². The zero-order valence-electron chi connectivity index (χ0n) is 18.9. The Bertz CT molecular complexity index is 1280. The van der Waals surface area contributed by atoms with E-state index in [1.54, 1.807) is 48.5 Å². The van der Waals surface area contributed by atoms with Crippen molar-refractivity contribution in [2.45, 2.75) is 25.1 Å². The van der Waals surface area contributed by atoms with Crippen molar-refractivity contribution < 1.29 is 18.7 Å². The maximum Gasteiger partial charge on any atom is 0.265 e. The fourth-order valence-electron chi connectivity index (χ4n) is 3.63. The lowest BCUT2D eigenvalue weighted by Gasteiger charge is -2.19. The van der Waals surface area contributed by atoms with Gasteiger partial charge in [-0.25, -0.2) is 0 Å². The zero-order valence-corrected chi connectivity index (χ0v) is 20.4. The molecule has 1 unspecified atom stereocenters. The molecule has 1 aromatic heterocycles. The van der Waals surface area contributed by atoms with E-state index in [-0.39, 0.29) is 23.1 Å². The summed E-state index contributed by atoms with van der Waals surface area (Å²) in [4.78, 5) is 28.0. The van der Waals surface area contributed by atoms with E-state index < -0.39 is 11.2 Å². The van der Waals surface area contributed by atoms with Crippen LogP contribution in [0.4, 0.5) is 5.69 Å². The van der Waals surface area contributed by atoms with Crippen LogP contribution in [0.2, 0.25) is 5.02 Å². The minimum absolute atomic E-state index is 0.123. The van der Waals surface area contributed by atoms with E-state index in [1.165, 1.54) is 22.9 Å². The molecule has 9 heteroatoms. The molecule has 0 bridgehead atoms. The Balaban J connectivity index is 1.67. The summed E-state index contributed by atoms with van der Waals surface area (Å²) in [6.45, 7) is 2.52. The van der Waals surface area contributed by atoms with Crippen LogP contribution in [0.3, 0.4) is 0 Å². The zero-order chi connectivity index (χ0) is 24.8. The van der Waals surface area contributed by atoms with Gasteiger partial charge in [0.15, 0.2) is 0 Å². The number of carbonyl (C=O) groups excluding carboxylic acids is 2. The first kappa shape index (κ1) is 24.5.